The first-order valence-corrected chi connectivity index (χ1v) is 8.97. The molecule has 0 bridgehead atoms. The second-order valence-electron chi connectivity index (χ2n) is 6.79. The largest absolute Gasteiger partial charge is 0.352 e. The molecule has 8 heteroatoms. The van der Waals surface area contributed by atoms with E-state index in [0.29, 0.717) is 24.7 Å². The second kappa shape index (κ2) is 6.05. The van der Waals surface area contributed by atoms with E-state index < -0.39 is 0 Å². The van der Waals surface area contributed by atoms with Crippen LogP contribution in [0.2, 0.25) is 0 Å². The molecule has 8 nitrogen and oxygen atoms in total. The number of pyridine rings is 1. The molecular weight excluding hydrogens is 330 g/mol. The predicted octanol–water partition coefficient (Wildman–Crippen LogP) is 1.36. The summed E-state index contributed by atoms with van der Waals surface area (Å²) in [6, 6.07) is 9.36. The molecule has 2 fully saturated rings. The van der Waals surface area contributed by atoms with Crippen molar-refractivity contribution >= 4 is 17.4 Å². The molecule has 0 atom stereocenters. The highest BCUT2D eigenvalue weighted by Gasteiger charge is 2.30. The number of hydrogen-bond donors (Lipinski definition) is 0. The van der Waals surface area contributed by atoms with Crippen LogP contribution in [0.5, 0.6) is 0 Å². The molecule has 4 heterocycles. The van der Waals surface area contributed by atoms with Crippen molar-refractivity contribution in [3.05, 3.63) is 48.0 Å². The summed E-state index contributed by atoms with van der Waals surface area (Å²) in [5.41, 5.74) is 1.29. The molecule has 3 aromatic heterocycles. The quantitative estimate of drug-likeness (QED) is 0.710. The molecule has 0 unspecified atom stereocenters. The maximum atomic E-state index is 12.5. The normalized spacial score (nSPS) is 17.7. The summed E-state index contributed by atoms with van der Waals surface area (Å²) in [6.07, 6.45) is 3.99. The number of anilines is 1. The maximum absolute atomic E-state index is 12.5. The van der Waals surface area contributed by atoms with Crippen LogP contribution in [0.25, 0.3) is 5.65 Å². The Hall–Kier alpha value is -3.03. The number of fused-ring (bicyclic) bond motifs is 1. The van der Waals surface area contributed by atoms with Gasteiger partial charge in [-0.2, -0.15) is 4.52 Å². The Morgan fingerprint density at radius 2 is 1.85 bits per heavy atom. The van der Waals surface area contributed by atoms with Crippen LogP contribution in [0.15, 0.2) is 36.5 Å². The third-order valence-corrected chi connectivity index (χ3v) is 4.99. The molecule has 2 aliphatic rings. The van der Waals surface area contributed by atoms with E-state index >= 15 is 0 Å². The number of amides is 1. The molecule has 1 amide bonds. The first-order chi connectivity index (χ1) is 12.8. The number of carbonyl (C=O) groups is 1. The van der Waals surface area contributed by atoms with Crippen molar-refractivity contribution < 1.29 is 4.79 Å². The number of nitrogens with zero attached hydrogens (tertiary/aromatic N) is 7. The van der Waals surface area contributed by atoms with E-state index in [0.717, 1.165) is 30.4 Å². The average molecular weight is 349 g/mol. The van der Waals surface area contributed by atoms with Gasteiger partial charge in [0.15, 0.2) is 11.5 Å². The average Bonchev–Trinajstić information content (AvgIpc) is 3.47. The molecule has 26 heavy (non-hydrogen) atoms. The van der Waals surface area contributed by atoms with Gasteiger partial charge in [-0.1, -0.05) is 6.07 Å². The van der Waals surface area contributed by atoms with Crippen LogP contribution in [-0.2, 0) is 0 Å². The summed E-state index contributed by atoms with van der Waals surface area (Å²) in [5.74, 6) is 2.36. The van der Waals surface area contributed by atoms with Crippen LogP contribution < -0.4 is 4.90 Å². The summed E-state index contributed by atoms with van der Waals surface area (Å²) in [7, 11) is 0. The first-order valence-electron chi connectivity index (χ1n) is 8.97. The number of rotatable bonds is 3. The molecule has 0 N–H and O–H groups in total. The van der Waals surface area contributed by atoms with Crippen LogP contribution in [0, 0.1) is 0 Å². The summed E-state index contributed by atoms with van der Waals surface area (Å²) in [5, 5.41) is 13.2. The van der Waals surface area contributed by atoms with E-state index in [4.69, 9.17) is 5.10 Å². The molecule has 1 aliphatic heterocycles. The predicted molar refractivity (Wildman–Crippen MR) is 95.1 cm³/mol. The van der Waals surface area contributed by atoms with Gasteiger partial charge in [-0.25, -0.2) is 0 Å². The molecule has 5 rings (SSSR count). The zero-order valence-electron chi connectivity index (χ0n) is 14.3. The third kappa shape index (κ3) is 2.67. The highest BCUT2D eigenvalue weighted by Crippen LogP contribution is 2.38. The monoisotopic (exact) mass is 349 g/mol. The maximum Gasteiger partial charge on any atom is 0.272 e. The molecular formula is C18H19N7O. The van der Waals surface area contributed by atoms with Gasteiger partial charge < -0.3 is 9.80 Å². The van der Waals surface area contributed by atoms with Gasteiger partial charge in [-0.15, -0.1) is 15.3 Å². The molecule has 0 radical (unpaired) electrons. The van der Waals surface area contributed by atoms with E-state index in [9.17, 15) is 4.79 Å². The van der Waals surface area contributed by atoms with Crippen LogP contribution in [0.4, 0.5) is 5.82 Å². The highest BCUT2D eigenvalue weighted by molar-refractivity contribution is 5.92. The van der Waals surface area contributed by atoms with Gasteiger partial charge in [-0.05, 0) is 37.1 Å². The van der Waals surface area contributed by atoms with Crippen LogP contribution >= 0.6 is 0 Å². The Morgan fingerprint density at radius 1 is 1.00 bits per heavy atom. The lowest BCUT2D eigenvalue weighted by Crippen LogP contribution is -2.49. The van der Waals surface area contributed by atoms with Crippen LogP contribution in [0.3, 0.4) is 0 Å². The van der Waals surface area contributed by atoms with Gasteiger partial charge in [0, 0.05) is 38.3 Å². The molecule has 1 saturated carbocycles. The van der Waals surface area contributed by atoms with E-state index in [-0.39, 0.29) is 5.91 Å². The first kappa shape index (κ1) is 15.2. The van der Waals surface area contributed by atoms with E-state index in [1.54, 1.807) is 12.3 Å². The topological polar surface area (TPSA) is 79.5 Å². The number of piperazine rings is 1. The minimum atomic E-state index is -0.0107. The van der Waals surface area contributed by atoms with Gasteiger partial charge in [0.1, 0.15) is 11.5 Å². The minimum absolute atomic E-state index is 0.0107. The van der Waals surface area contributed by atoms with Gasteiger partial charge in [0.2, 0.25) is 0 Å². The van der Waals surface area contributed by atoms with Crippen molar-refractivity contribution in [2.75, 3.05) is 31.1 Å². The minimum Gasteiger partial charge on any atom is -0.352 e. The van der Waals surface area contributed by atoms with E-state index in [1.807, 2.05) is 33.7 Å². The van der Waals surface area contributed by atoms with Gasteiger partial charge in [0.25, 0.3) is 5.91 Å². The summed E-state index contributed by atoms with van der Waals surface area (Å²) in [4.78, 5) is 20.7. The SMILES string of the molecule is O=C(c1ccccn1)N1CCN(c2ccc3nnc(C4CC4)n3n2)CC1. The Bertz CT molecular complexity index is 943. The summed E-state index contributed by atoms with van der Waals surface area (Å²) >= 11 is 0. The Morgan fingerprint density at radius 3 is 2.58 bits per heavy atom. The van der Waals surface area contributed by atoms with Gasteiger partial charge in [0.05, 0.1) is 0 Å². The lowest BCUT2D eigenvalue weighted by atomic mass is 10.2. The zero-order chi connectivity index (χ0) is 17.5. The second-order valence-corrected chi connectivity index (χ2v) is 6.79. The van der Waals surface area contributed by atoms with Gasteiger partial charge >= 0.3 is 0 Å². The Labute approximate surface area is 150 Å². The Kier molecular flexibility index (Phi) is 3.55. The van der Waals surface area contributed by atoms with Crippen LogP contribution in [0.1, 0.15) is 35.1 Å². The fourth-order valence-electron chi connectivity index (χ4n) is 3.35. The van der Waals surface area contributed by atoms with Crippen molar-refractivity contribution in [2.45, 2.75) is 18.8 Å². The molecule has 1 aliphatic carbocycles. The highest BCUT2D eigenvalue weighted by atomic mass is 16.2. The van der Waals surface area contributed by atoms with E-state index in [1.165, 1.54) is 12.8 Å². The number of carbonyl (C=O) groups excluding carboxylic acids is 1. The Balaban J connectivity index is 1.31. The van der Waals surface area contributed by atoms with Crippen molar-refractivity contribution in [1.82, 2.24) is 29.7 Å². The molecule has 1 saturated heterocycles. The summed E-state index contributed by atoms with van der Waals surface area (Å²) in [6.45, 7) is 2.81. The smallest absolute Gasteiger partial charge is 0.272 e. The van der Waals surface area contributed by atoms with Gasteiger partial charge in [-0.3, -0.25) is 9.78 Å². The molecule has 3 aromatic rings. The van der Waals surface area contributed by atoms with Crippen molar-refractivity contribution in [3.63, 3.8) is 0 Å². The number of hydrogen-bond acceptors (Lipinski definition) is 6. The lowest BCUT2D eigenvalue weighted by Gasteiger charge is -2.35. The van der Waals surface area contributed by atoms with E-state index in [2.05, 4.69) is 20.1 Å². The fraction of sp³-hybridized carbons (Fsp3) is 0.389. The van der Waals surface area contributed by atoms with Crippen molar-refractivity contribution in [1.29, 1.82) is 0 Å². The molecule has 0 spiro atoms. The molecule has 0 aromatic carbocycles. The number of aromatic nitrogens is 5. The third-order valence-electron chi connectivity index (χ3n) is 4.99. The van der Waals surface area contributed by atoms with Crippen LogP contribution in [-0.4, -0.2) is 61.8 Å². The fourth-order valence-corrected chi connectivity index (χ4v) is 3.35. The van der Waals surface area contributed by atoms with Crippen molar-refractivity contribution in [3.8, 4) is 0 Å². The standard InChI is InChI=1S/C18H19N7O/c26-18(14-3-1-2-8-19-14)24-11-9-23(10-12-24)16-7-6-15-20-21-17(13-4-5-13)25(15)22-16/h1-3,6-8,13H,4-5,9-12H2. The molecule has 132 valence electrons. The zero-order valence-corrected chi connectivity index (χ0v) is 14.3. The summed E-state index contributed by atoms with van der Waals surface area (Å²) < 4.78 is 1.87. The van der Waals surface area contributed by atoms with Crippen molar-refractivity contribution in [2.24, 2.45) is 0 Å². The lowest BCUT2D eigenvalue weighted by molar-refractivity contribution is 0.0740.